The lowest BCUT2D eigenvalue weighted by molar-refractivity contribution is -0.130. The average Bonchev–Trinajstić information content (AvgIpc) is 2.80. The first kappa shape index (κ1) is 14.2. The lowest BCUT2D eigenvalue weighted by atomic mass is 10.2. The number of carbonyl (C=O) groups excluding carboxylic acids is 1. The van der Waals surface area contributed by atoms with Crippen molar-refractivity contribution in [2.24, 2.45) is 0 Å². The highest BCUT2D eigenvalue weighted by Crippen LogP contribution is 2.24. The lowest BCUT2D eigenvalue weighted by Crippen LogP contribution is -2.38. The Labute approximate surface area is 115 Å². The third kappa shape index (κ3) is 3.89. The molecule has 0 N–H and O–H groups in total. The highest BCUT2D eigenvalue weighted by Gasteiger charge is 2.25. The van der Waals surface area contributed by atoms with Crippen LogP contribution in [0.2, 0.25) is 0 Å². The van der Waals surface area contributed by atoms with E-state index in [9.17, 15) is 4.79 Å². The zero-order chi connectivity index (χ0) is 12.8. The largest absolute Gasteiger partial charge is 0.341 e. The van der Waals surface area contributed by atoms with E-state index in [-0.39, 0.29) is 0 Å². The molecule has 1 aliphatic heterocycles. The molecule has 0 aromatic heterocycles. The zero-order valence-electron chi connectivity index (χ0n) is 11.6. The van der Waals surface area contributed by atoms with Crippen LogP contribution in [0.4, 0.5) is 0 Å². The van der Waals surface area contributed by atoms with Crippen molar-refractivity contribution < 1.29 is 4.79 Å². The Kier molecular flexibility index (Phi) is 5.83. The molecular weight excluding hydrogens is 244 g/mol. The molecule has 0 aromatic carbocycles. The SMILES string of the molecule is CSCCC(=O)N1CCCN(C2CCCC2)CC1. The van der Waals surface area contributed by atoms with E-state index in [1.54, 1.807) is 11.8 Å². The van der Waals surface area contributed by atoms with Crippen LogP contribution in [0, 0.1) is 0 Å². The van der Waals surface area contributed by atoms with Gasteiger partial charge in [0.05, 0.1) is 0 Å². The van der Waals surface area contributed by atoms with Gasteiger partial charge in [0.1, 0.15) is 0 Å². The second-order valence-electron chi connectivity index (χ2n) is 5.45. The second-order valence-corrected chi connectivity index (χ2v) is 6.44. The fourth-order valence-corrected chi connectivity index (χ4v) is 3.55. The van der Waals surface area contributed by atoms with Crippen molar-refractivity contribution in [2.75, 3.05) is 38.2 Å². The number of hydrogen-bond donors (Lipinski definition) is 0. The predicted octanol–water partition coefficient (Wildman–Crippen LogP) is 2.22. The van der Waals surface area contributed by atoms with Crippen molar-refractivity contribution in [1.82, 2.24) is 9.80 Å². The summed E-state index contributed by atoms with van der Waals surface area (Å²) in [6.45, 7) is 4.20. The lowest BCUT2D eigenvalue weighted by Gasteiger charge is -2.27. The van der Waals surface area contributed by atoms with Crippen LogP contribution in [0.5, 0.6) is 0 Å². The topological polar surface area (TPSA) is 23.6 Å². The van der Waals surface area contributed by atoms with Crippen LogP contribution in [0.1, 0.15) is 38.5 Å². The maximum atomic E-state index is 12.0. The van der Waals surface area contributed by atoms with Gasteiger partial charge in [-0.3, -0.25) is 9.69 Å². The molecule has 4 heteroatoms. The van der Waals surface area contributed by atoms with Crippen LogP contribution >= 0.6 is 11.8 Å². The highest BCUT2D eigenvalue weighted by molar-refractivity contribution is 7.98. The first-order valence-electron chi connectivity index (χ1n) is 7.32. The number of amides is 1. The molecule has 0 radical (unpaired) electrons. The molecule has 2 aliphatic rings. The van der Waals surface area contributed by atoms with Gasteiger partial charge in [0.25, 0.3) is 0 Å². The molecule has 104 valence electrons. The van der Waals surface area contributed by atoms with Crippen LogP contribution in [-0.2, 0) is 4.79 Å². The molecule has 1 saturated heterocycles. The van der Waals surface area contributed by atoms with E-state index in [4.69, 9.17) is 0 Å². The maximum Gasteiger partial charge on any atom is 0.223 e. The Balaban J connectivity index is 1.78. The fraction of sp³-hybridized carbons (Fsp3) is 0.929. The van der Waals surface area contributed by atoms with Gasteiger partial charge in [0.15, 0.2) is 0 Å². The summed E-state index contributed by atoms with van der Waals surface area (Å²) in [5.74, 6) is 1.32. The van der Waals surface area contributed by atoms with Gasteiger partial charge in [-0.2, -0.15) is 11.8 Å². The maximum absolute atomic E-state index is 12.0. The van der Waals surface area contributed by atoms with Crippen molar-refractivity contribution >= 4 is 17.7 Å². The molecule has 0 bridgehead atoms. The zero-order valence-corrected chi connectivity index (χ0v) is 12.4. The molecule has 18 heavy (non-hydrogen) atoms. The average molecular weight is 270 g/mol. The normalized spacial score (nSPS) is 23.3. The Morgan fingerprint density at radius 1 is 1.11 bits per heavy atom. The summed E-state index contributed by atoms with van der Waals surface area (Å²) in [6, 6.07) is 0.811. The summed E-state index contributed by atoms with van der Waals surface area (Å²) in [5.41, 5.74) is 0. The van der Waals surface area contributed by atoms with Gasteiger partial charge < -0.3 is 4.90 Å². The van der Waals surface area contributed by atoms with E-state index < -0.39 is 0 Å². The Hall–Kier alpha value is -0.220. The Morgan fingerprint density at radius 3 is 2.61 bits per heavy atom. The molecule has 2 fully saturated rings. The van der Waals surface area contributed by atoms with Gasteiger partial charge in [-0.25, -0.2) is 0 Å². The molecular formula is C14H26N2OS. The van der Waals surface area contributed by atoms with Crippen LogP contribution in [0.3, 0.4) is 0 Å². The standard InChI is InChI=1S/C14H26N2OS/c1-18-12-7-14(17)16-9-4-8-15(10-11-16)13-5-2-3-6-13/h13H,2-12H2,1H3. The third-order valence-electron chi connectivity index (χ3n) is 4.24. The number of hydrogen-bond acceptors (Lipinski definition) is 3. The van der Waals surface area contributed by atoms with Crippen LogP contribution < -0.4 is 0 Å². The summed E-state index contributed by atoms with van der Waals surface area (Å²) in [6.07, 6.45) is 9.49. The van der Waals surface area contributed by atoms with Crippen LogP contribution in [0.25, 0.3) is 0 Å². The van der Waals surface area contributed by atoms with E-state index in [1.165, 1.54) is 32.2 Å². The fourth-order valence-electron chi connectivity index (χ4n) is 3.17. The smallest absolute Gasteiger partial charge is 0.223 e. The highest BCUT2D eigenvalue weighted by atomic mass is 32.2. The predicted molar refractivity (Wildman–Crippen MR) is 78.0 cm³/mol. The van der Waals surface area contributed by atoms with E-state index in [2.05, 4.69) is 16.1 Å². The third-order valence-corrected chi connectivity index (χ3v) is 4.86. The summed E-state index contributed by atoms with van der Waals surface area (Å²) >= 11 is 1.76. The summed E-state index contributed by atoms with van der Waals surface area (Å²) in [7, 11) is 0. The van der Waals surface area contributed by atoms with Crippen molar-refractivity contribution in [3.8, 4) is 0 Å². The van der Waals surface area contributed by atoms with Crippen molar-refractivity contribution in [3.63, 3.8) is 0 Å². The van der Waals surface area contributed by atoms with E-state index >= 15 is 0 Å². The van der Waals surface area contributed by atoms with Gasteiger partial charge in [0.2, 0.25) is 5.91 Å². The first-order chi connectivity index (χ1) is 8.81. The van der Waals surface area contributed by atoms with E-state index in [1.807, 2.05) is 0 Å². The van der Waals surface area contributed by atoms with Gasteiger partial charge in [-0.05, 0) is 25.5 Å². The molecule has 1 heterocycles. The minimum atomic E-state index is 0.359. The summed E-state index contributed by atoms with van der Waals surface area (Å²) < 4.78 is 0. The summed E-state index contributed by atoms with van der Waals surface area (Å²) in [5, 5.41) is 0. The second kappa shape index (κ2) is 7.39. The Bertz CT molecular complexity index is 267. The molecule has 3 nitrogen and oxygen atoms in total. The van der Waals surface area contributed by atoms with Gasteiger partial charge in [-0.1, -0.05) is 12.8 Å². The van der Waals surface area contributed by atoms with Crippen molar-refractivity contribution in [3.05, 3.63) is 0 Å². The van der Waals surface area contributed by atoms with Crippen LogP contribution in [0.15, 0.2) is 0 Å². The van der Waals surface area contributed by atoms with Gasteiger partial charge in [-0.15, -0.1) is 0 Å². The quantitative estimate of drug-likeness (QED) is 0.782. The molecule has 0 atom stereocenters. The number of thioether (sulfide) groups is 1. The van der Waals surface area contributed by atoms with E-state index in [0.29, 0.717) is 12.3 Å². The minimum Gasteiger partial charge on any atom is -0.341 e. The van der Waals surface area contributed by atoms with Crippen LogP contribution in [-0.4, -0.2) is 59.9 Å². The first-order valence-corrected chi connectivity index (χ1v) is 8.71. The van der Waals surface area contributed by atoms with Crippen molar-refractivity contribution in [1.29, 1.82) is 0 Å². The molecule has 2 rings (SSSR count). The van der Waals surface area contributed by atoms with Gasteiger partial charge in [0, 0.05) is 44.4 Å². The number of nitrogens with zero attached hydrogens (tertiary/aromatic N) is 2. The van der Waals surface area contributed by atoms with Crippen molar-refractivity contribution in [2.45, 2.75) is 44.6 Å². The molecule has 1 aliphatic carbocycles. The Morgan fingerprint density at radius 2 is 1.89 bits per heavy atom. The molecule has 1 saturated carbocycles. The molecule has 0 unspecified atom stereocenters. The molecule has 1 amide bonds. The van der Waals surface area contributed by atoms with E-state index in [0.717, 1.165) is 37.8 Å². The van der Waals surface area contributed by atoms with Gasteiger partial charge >= 0.3 is 0 Å². The molecule has 0 spiro atoms. The molecule has 0 aromatic rings. The monoisotopic (exact) mass is 270 g/mol. The minimum absolute atomic E-state index is 0.359. The number of carbonyl (C=O) groups is 1. The summed E-state index contributed by atoms with van der Waals surface area (Å²) in [4.78, 5) is 16.8. The number of rotatable bonds is 4.